The van der Waals surface area contributed by atoms with Crippen molar-refractivity contribution in [3.8, 4) is 5.75 Å². The highest BCUT2D eigenvalue weighted by atomic mass is 32.2. The van der Waals surface area contributed by atoms with Gasteiger partial charge in [-0.15, -0.1) is 10.2 Å². The van der Waals surface area contributed by atoms with Gasteiger partial charge in [-0.1, -0.05) is 29.2 Å². The second-order valence-electron chi connectivity index (χ2n) is 6.35. The molecule has 2 aromatic heterocycles. The number of methoxy groups -OCH3 is 1. The van der Waals surface area contributed by atoms with Crippen LogP contribution < -0.4 is 15.4 Å². The van der Waals surface area contributed by atoms with E-state index in [2.05, 4.69) is 25.8 Å². The summed E-state index contributed by atoms with van der Waals surface area (Å²) in [5.74, 6) is 0.687. The number of nitrogens with one attached hydrogen (secondary N) is 2. The minimum atomic E-state index is -0.335. The number of fused-ring (bicyclic) bond motifs is 1. The smallest absolute Gasteiger partial charge is 0.237 e. The lowest BCUT2D eigenvalue weighted by molar-refractivity contribution is -0.115. The van der Waals surface area contributed by atoms with Crippen LogP contribution in [0.3, 0.4) is 0 Å². The molecule has 0 bridgehead atoms. The van der Waals surface area contributed by atoms with Crippen LogP contribution >= 0.6 is 23.1 Å². The van der Waals surface area contributed by atoms with Crippen molar-refractivity contribution in [2.45, 2.75) is 16.5 Å². The summed E-state index contributed by atoms with van der Waals surface area (Å²) < 4.78 is 5.87. The van der Waals surface area contributed by atoms with Crippen LogP contribution in [0.5, 0.6) is 5.75 Å². The third-order valence-corrected chi connectivity index (χ3v) is 6.32. The number of ether oxygens (including phenoxy) is 1. The predicted octanol–water partition coefficient (Wildman–Crippen LogP) is 4.96. The zero-order valence-corrected chi connectivity index (χ0v) is 18.0. The average Bonchev–Trinajstić information content (AvgIpc) is 3.21. The molecule has 2 N–H and O–H groups in total. The molecule has 2 aromatic carbocycles. The SMILES string of the molecule is COc1ccc(Nc2nnc(SC(C)C(=O)Nc3cccc4ncccc34)s2)cc1. The number of thioether (sulfide) groups is 1. The maximum atomic E-state index is 12.7. The monoisotopic (exact) mass is 437 g/mol. The van der Waals surface area contributed by atoms with Gasteiger partial charge in [0.15, 0.2) is 4.34 Å². The molecule has 1 amide bonds. The molecule has 4 rings (SSSR count). The molecule has 30 heavy (non-hydrogen) atoms. The Morgan fingerprint density at radius 2 is 1.93 bits per heavy atom. The number of rotatable bonds is 7. The second-order valence-corrected chi connectivity index (χ2v) is 8.92. The summed E-state index contributed by atoms with van der Waals surface area (Å²) in [6.45, 7) is 1.85. The van der Waals surface area contributed by atoms with Gasteiger partial charge in [0.05, 0.1) is 23.6 Å². The molecule has 4 aromatic rings. The summed E-state index contributed by atoms with van der Waals surface area (Å²) in [6.07, 6.45) is 1.74. The highest BCUT2D eigenvalue weighted by molar-refractivity contribution is 8.02. The van der Waals surface area contributed by atoms with E-state index in [4.69, 9.17) is 4.74 Å². The summed E-state index contributed by atoms with van der Waals surface area (Å²) in [6, 6.07) is 17.0. The molecule has 7 nitrogen and oxygen atoms in total. The Balaban J connectivity index is 1.38. The van der Waals surface area contributed by atoms with Crippen molar-refractivity contribution in [1.29, 1.82) is 0 Å². The minimum Gasteiger partial charge on any atom is -0.497 e. The number of carbonyl (C=O) groups excluding carboxylic acids is 1. The van der Waals surface area contributed by atoms with Gasteiger partial charge in [-0.25, -0.2) is 0 Å². The summed E-state index contributed by atoms with van der Waals surface area (Å²) >= 11 is 2.77. The molecule has 0 aliphatic rings. The second kappa shape index (κ2) is 9.10. The first-order chi connectivity index (χ1) is 14.6. The van der Waals surface area contributed by atoms with E-state index in [-0.39, 0.29) is 11.2 Å². The molecule has 0 aliphatic heterocycles. The normalized spacial score (nSPS) is 11.8. The van der Waals surface area contributed by atoms with Crippen LogP contribution in [-0.4, -0.2) is 33.4 Å². The van der Waals surface area contributed by atoms with Gasteiger partial charge in [0.2, 0.25) is 11.0 Å². The standard InChI is InChI=1S/C21H19N5O2S2/c1-13(19(27)24-18-7-3-6-17-16(18)5-4-12-22-17)29-21-26-25-20(30-21)23-14-8-10-15(28-2)11-9-14/h3-13H,1-2H3,(H,23,25)(H,24,27). The van der Waals surface area contributed by atoms with Gasteiger partial charge in [-0.2, -0.15) is 0 Å². The van der Waals surface area contributed by atoms with Crippen molar-refractivity contribution >= 4 is 56.4 Å². The van der Waals surface area contributed by atoms with E-state index in [9.17, 15) is 4.79 Å². The summed E-state index contributed by atoms with van der Waals surface area (Å²) in [7, 11) is 1.63. The van der Waals surface area contributed by atoms with Gasteiger partial charge in [0.25, 0.3) is 0 Å². The topological polar surface area (TPSA) is 89.0 Å². The van der Waals surface area contributed by atoms with Crippen molar-refractivity contribution in [1.82, 2.24) is 15.2 Å². The fourth-order valence-corrected chi connectivity index (χ4v) is 4.67. The molecular formula is C21H19N5O2S2. The van der Waals surface area contributed by atoms with Crippen molar-refractivity contribution in [2.24, 2.45) is 0 Å². The molecular weight excluding hydrogens is 418 g/mol. The maximum absolute atomic E-state index is 12.7. The van der Waals surface area contributed by atoms with Crippen LogP contribution in [0.15, 0.2) is 65.1 Å². The lowest BCUT2D eigenvalue weighted by atomic mass is 10.2. The van der Waals surface area contributed by atoms with Crippen LogP contribution in [0.4, 0.5) is 16.5 Å². The number of amides is 1. The van der Waals surface area contributed by atoms with Crippen molar-refractivity contribution in [3.63, 3.8) is 0 Å². The third-order valence-electron chi connectivity index (χ3n) is 4.30. The van der Waals surface area contributed by atoms with Gasteiger partial charge in [-0.3, -0.25) is 9.78 Å². The molecule has 0 spiro atoms. The molecule has 2 heterocycles. The first-order valence-electron chi connectivity index (χ1n) is 9.18. The summed E-state index contributed by atoms with van der Waals surface area (Å²) in [5.41, 5.74) is 2.48. The first-order valence-corrected chi connectivity index (χ1v) is 10.9. The summed E-state index contributed by atoms with van der Waals surface area (Å²) in [4.78, 5) is 17.0. The number of hydrogen-bond donors (Lipinski definition) is 2. The maximum Gasteiger partial charge on any atom is 0.237 e. The van der Waals surface area contributed by atoms with Gasteiger partial charge in [0, 0.05) is 17.3 Å². The quantitative estimate of drug-likeness (QED) is 0.395. The van der Waals surface area contributed by atoms with E-state index in [1.54, 1.807) is 13.3 Å². The molecule has 1 atom stereocenters. The van der Waals surface area contributed by atoms with Crippen molar-refractivity contribution in [3.05, 3.63) is 60.8 Å². The summed E-state index contributed by atoms with van der Waals surface area (Å²) in [5, 5.41) is 15.8. The highest BCUT2D eigenvalue weighted by Gasteiger charge is 2.18. The van der Waals surface area contributed by atoms with Gasteiger partial charge in [0.1, 0.15) is 5.75 Å². The van der Waals surface area contributed by atoms with Crippen molar-refractivity contribution < 1.29 is 9.53 Å². The van der Waals surface area contributed by atoms with Crippen molar-refractivity contribution in [2.75, 3.05) is 17.7 Å². The highest BCUT2D eigenvalue weighted by Crippen LogP contribution is 2.31. The van der Waals surface area contributed by atoms with Crippen LogP contribution in [0, 0.1) is 0 Å². The van der Waals surface area contributed by atoms with Crippen LogP contribution in [0.25, 0.3) is 10.9 Å². The molecule has 0 saturated heterocycles. The third kappa shape index (κ3) is 4.69. The predicted molar refractivity (Wildman–Crippen MR) is 122 cm³/mol. The Bertz CT molecular complexity index is 1160. The van der Waals surface area contributed by atoms with E-state index in [1.807, 2.05) is 61.5 Å². The first kappa shape index (κ1) is 20.1. The van der Waals surface area contributed by atoms with E-state index in [1.165, 1.54) is 23.1 Å². The fraction of sp³-hybridized carbons (Fsp3) is 0.143. The van der Waals surface area contributed by atoms with E-state index in [0.717, 1.165) is 28.0 Å². The average molecular weight is 438 g/mol. The Labute approximate surface area is 181 Å². The Hall–Kier alpha value is -3.17. The Kier molecular flexibility index (Phi) is 6.10. The molecule has 0 fully saturated rings. The molecule has 1 unspecified atom stereocenters. The number of carbonyl (C=O) groups is 1. The zero-order chi connectivity index (χ0) is 20.9. The lowest BCUT2D eigenvalue weighted by Gasteiger charge is -2.12. The molecule has 0 saturated carbocycles. The number of pyridine rings is 1. The number of benzene rings is 2. The molecule has 0 radical (unpaired) electrons. The fourth-order valence-electron chi connectivity index (χ4n) is 2.76. The van der Waals surface area contributed by atoms with Crippen LogP contribution in [0.1, 0.15) is 6.92 Å². The number of anilines is 3. The minimum absolute atomic E-state index is 0.101. The number of aromatic nitrogens is 3. The Morgan fingerprint density at radius 1 is 1.10 bits per heavy atom. The largest absolute Gasteiger partial charge is 0.497 e. The molecule has 0 aliphatic carbocycles. The van der Waals surface area contributed by atoms with Crippen LogP contribution in [-0.2, 0) is 4.79 Å². The van der Waals surface area contributed by atoms with Gasteiger partial charge in [-0.05, 0) is 55.5 Å². The van der Waals surface area contributed by atoms with E-state index in [0.29, 0.717) is 9.47 Å². The molecule has 152 valence electrons. The zero-order valence-electron chi connectivity index (χ0n) is 16.3. The lowest BCUT2D eigenvalue weighted by Crippen LogP contribution is -2.22. The van der Waals surface area contributed by atoms with E-state index < -0.39 is 0 Å². The Morgan fingerprint density at radius 3 is 2.73 bits per heavy atom. The number of nitrogens with zero attached hydrogens (tertiary/aromatic N) is 3. The number of hydrogen-bond acceptors (Lipinski definition) is 8. The van der Waals surface area contributed by atoms with Gasteiger partial charge < -0.3 is 15.4 Å². The van der Waals surface area contributed by atoms with E-state index >= 15 is 0 Å². The molecule has 9 heteroatoms. The van der Waals surface area contributed by atoms with Crippen LogP contribution in [0.2, 0.25) is 0 Å². The van der Waals surface area contributed by atoms with Gasteiger partial charge >= 0.3 is 0 Å².